The Morgan fingerprint density at radius 3 is 2.27 bits per heavy atom. The van der Waals surface area contributed by atoms with Gasteiger partial charge in [0.2, 0.25) is 5.91 Å². The Morgan fingerprint density at radius 2 is 1.68 bits per heavy atom. The first-order valence-electron chi connectivity index (χ1n) is 14.8. The molecular weight excluding hydrogens is 581 g/mol. The van der Waals surface area contributed by atoms with Crippen LogP contribution in [-0.4, -0.2) is 47.3 Å². The zero-order valence-electron chi connectivity index (χ0n) is 23.5. The van der Waals surface area contributed by atoms with Crippen molar-refractivity contribution in [2.45, 2.75) is 94.4 Å². The predicted molar refractivity (Wildman–Crippen MR) is 162 cm³/mol. The summed E-state index contributed by atoms with van der Waals surface area (Å²) in [5.74, 6) is -1.60. The van der Waals surface area contributed by atoms with Crippen molar-refractivity contribution in [3.8, 4) is 0 Å². The quantitative estimate of drug-likeness (QED) is 0.298. The minimum Gasteiger partial charge on any atom is -0.481 e. The van der Waals surface area contributed by atoms with Crippen LogP contribution in [0.4, 0.5) is 0 Å². The van der Waals surface area contributed by atoms with Crippen molar-refractivity contribution in [1.82, 2.24) is 4.90 Å². The minimum absolute atomic E-state index is 0.0598. The number of amides is 1. The van der Waals surface area contributed by atoms with E-state index in [4.69, 9.17) is 23.2 Å². The van der Waals surface area contributed by atoms with E-state index in [2.05, 4.69) is 0 Å². The van der Waals surface area contributed by atoms with Gasteiger partial charge in [-0.25, -0.2) is 8.42 Å². The molecule has 2 saturated carbocycles. The first kappa shape index (κ1) is 30.4. The molecule has 3 aliphatic rings. The van der Waals surface area contributed by atoms with Crippen LogP contribution < -0.4 is 0 Å². The lowest BCUT2D eigenvalue weighted by molar-refractivity contribution is -0.162. The predicted octanol–water partition coefficient (Wildman–Crippen LogP) is 7.45. The molecule has 0 bridgehead atoms. The van der Waals surface area contributed by atoms with Gasteiger partial charge in [0.15, 0.2) is 9.84 Å². The maximum absolute atomic E-state index is 14.8. The van der Waals surface area contributed by atoms with Crippen LogP contribution in [0.1, 0.15) is 94.2 Å². The van der Waals surface area contributed by atoms with E-state index in [1.165, 1.54) is 0 Å². The van der Waals surface area contributed by atoms with Gasteiger partial charge >= 0.3 is 5.97 Å². The summed E-state index contributed by atoms with van der Waals surface area (Å²) in [5, 5.41) is 10.7. The number of piperidine rings is 1. The van der Waals surface area contributed by atoms with Crippen LogP contribution in [-0.2, 0) is 19.4 Å². The summed E-state index contributed by atoms with van der Waals surface area (Å²) >= 11 is 12.7. The molecule has 1 unspecified atom stereocenters. The fourth-order valence-corrected chi connectivity index (χ4v) is 9.80. The number of carboxylic acid groups (broad SMARTS) is 1. The molecular formula is C32H39Cl2NO5S. The monoisotopic (exact) mass is 619 g/mol. The number of carboxylic acids is 1. The molecule has 5 rings (SSSR count). The normalized spacial score (nSPS) is 26.6. The van der Waals surface area contributed by atoms with Gasteiger partial charge in [0.1, 0.15) is 0 Å². The molecule has 1 amide bonds. The average molecular weight is 621 g/mol. The van der Waals surface area contributed by atoms with Gasteiger partial charge in [-0.1, -0.05) is 73.7 Å². The smallest absolute Gasteiger partial charge is 0.304 e. The highest BCUT2D eigenvalue weighted by atomic mass is 35.5. The largest absolute Gasteiger partial charge is 0.481 e. The molecule has 0 radical (unpaired) electrons. The zero-order chi connectivity index (χ0) is 29.4. The van der Waals surface area contributed by atoms with E-state index in [0.29, 0.717) is 35.7 Å². The molecule has 1 aliphatic heterocycles. The number of likely N-dealkylation sites (tertiary alicyclic amines) is 1. The Morgan fingerprint density at radius 1 is 1.00 bits per heavy atom. The molecule has 2 aromatic rings. The standard InChI is InChI=1S/C32H39Cl2NO5S/c1-2-32(19-29(36)37)18-27(23-7-6-8-25(34)17-23)30(22-13-15-24(33)16-14-22)35(31(32)38)28(21-11-12-21)20-41(39,40)26-9-4-3-5-10-26/h6-8,13-17,21,26-28,30H,2-5,9-12,18-20H2,1H3,(H,36,37)/t27?,28-,30-,32-/m1/s1. The summed E-state index contributed by atoms with van der Waals surface area (Å²) in [5.41, 5.74) is 0.597. The van der Waals surface area contributed by atoms with Gasteiger partial charge in [0.05, 0.1) is 28.9 Å². The lowest BCUT2D eigenvalue weighted by Crippen LogP contribution is -2.59. The molecule has 2 aliphatic carbocycles. The number of carbonyl (C=O) groups excluding carboxylic acids is 1. The van der Waals surface area contributed by atoms with E-state index in [1.807, 2.05) is 42.2 Å². The highest BCUT2D eigenvalue weighted by Gasteiger charge is 2.56. The molecule has 1 N–H and O–H groups in total. The molecule has 6 nitrogen and oxygen atoms in total. The van der Waals surface area contributed by atoms with Gasteiger partial charge in [0.25, 0.3) is 0 Å². The van der Waals surface area contributed by atoms with Crippen LogP contribution in [0.3, 0.4) is 0 Å². The topological polar surface area (TPSA) is 91.8 Å². The maximum atomic E-state index is 14.8. The van der Waals surface area contributed by atoms with Gasteiger partial charge in [-0.3, -0.25) is 9.59 Å². The first-order chi connectivity index (χ1) is 19.5. The first-order valence-corrected chi connectivity index (χ1v) is 17.3. The van der Waals surface area contributed by atoms with Gasteiger partial charge in [0, 0.05) is 22.0 Å². The van der Waals surface area contributed by atoms with Gasteiger partial charge in [-0.05, 0) is 79.8 Å². The molecule has 0 spiro atoms. The number of carbonyl (C=O) groups is 2. The molecule has 2 aromatic carbocycles. The number of aliphatic carboxylic acids is 1. The third-order valence-corrected chi connectivity index (χ3v) is 12.4. The number of benzene rings is 2. The number of halogens is 2. The van der Waals surface area contributed by atoms with Crippen LogP contribution >= 0.6 is 23.2 Å². The minimum atomic E-state index is -3.48. The van der Waals surface area contributed by atoms with Gasteiger partial charge < -0.3 is 10.0 Å². The van der Waals surface area contributed by atoms with Gasteiger partial charge in [-0.15, -0.1) is 0 Å². The summed E-state index contributed by atoms with van der Waals surface area (Å²) in [7, 11) is -3.48. The Bertz CT molecular complexity index is 1370. The maximum Gasteiger partial charge on any atom is 0.304 e. The van der Waals surface area contributed by atoms with E-state index in [-0.39, 0.29) is 35.2 Å². The molecule has 1 saturated heterocycles. The summed E-state index contributed by atoms with van der Waals surface area (Å²) < 4.78 is 27.8. The van der Waals surface area contributed by atoms with Crippen LogP contribution in [0.2, 0.25) is 10.0 Å². The van der Waals surface area contributed by atoms with Crippen molar-refractivity contribution in [1.29, 1.82) is 0 Å². The molecule has 41 heavy (non-hydrogen) atoms. The summed E-state index contributed by atoms with van der Waals surface area (Å²) in [4.78, 5) is 28.8. The third kappa shape index (κ3) is 6.47. The fraction of sp³-hybridized carbons (Fsp3) is 0.562. The van der Waals surface area contributed by atoms with Crippen molar-refractivity contribution >= 4 is 44.9 Å². The van der Waals surface area contributed by atoms with E-state index >= 15 is 0 Å². The molecule has 4 atom stereocenters. The van der Waals surface area contributed by atoms with Crippen LogP contribution in [0, 0.1) is 11.3 Å². The molecule has 3 fully saturated rings. The van der Waals surface area contributed by atoms with E-state index < -0.39 is 33.3 Å². The van der Waals surface area contributed by atoms with E-state index in [1.54, 1.807) is 18.2 Å². The SMILES string of the molecule is CC[C@]1(CC(=O)O)CC(c2cccc(Cl)c2)[C@@H](c2ccc(Cl)cc2)N([C@H](CS(=O)(=O)C2CCCCC2)C2CC2)C1=O. The second-order valence-electron chi connectivity index (χ2n) is 12.3. The van der Waals surface area contributed by atoms with Crippen molar-refractivity contribution in [3.63, 3.8) is 0 Å². The van der Waals surface area contributed by atoms with Crippen molar-refractivity contribution in [3.05, 3.63) is 69.7 Å². The summed E-state index contributed by atoms with van der Waals surface area (Å²) in [6.45, 7) is 1.86. The number of rotatable bonds is 10. The van der Waals surface area contributed by atoms with Crippen molar-refractivity contribution < 1.29 is 23.1 Å². The van der Waals surface area contributed by atoms with E-state index in [0.717, 1.165) is 43.2 Å². The van der Waals surface area contributed by atoms with Crippen molar-refractivity contribution in [2.24, 2.45) is 11.3 Å². The van der Waals surface area contributed by atoms with Crippen molar-refractivity contribution in [2.75, 3.05) is 5.75 Å². The lowest BCUT2D eigenvalue weighted by Gasteiger charge is -2.53. The zero-order valence-corrected chi connectivity index (χ0v) is 25.8. The second kappa shape index (κ2) is 12.3. The van der Waals surface area contributed by atoms with Crippen LogP contribution in [0.15, 0.2) is 48.5 Å². The van der Waals surface area contributed by atoms with Gasteiger partial charge in [-0.2, -0.15) is 0 Å². The Hall–Kier alpha value is -2.09. The summed E-state index contributed by atoms with van der Waals surface area (Å²) in [6.07, 6.45) is 6.24. The molecule has 0 aromatic heterocycles. The Balaban J connectivity index is 1.67. The lowest BCUT2D eigenvalue weighted by atomic mass is 9.65. The number of hydrogen-bond donors (Lipinski definition) is 1. The summed E-state index contributed by atoms with van der Waals surface area (Å²) in [6, 6.07) is 13.9. The van der Waals surface area contributed by atoms with E-state index in [9.17, 15) is 23.1 Å². The third-order valence-electron chi connectivity index (χ3n) is 9.62. The average Bonchev–Trinajstić information content (AvgIpc) is 3.79. The van der Waals surface area contributed by atoms with Crippen LogP contribution in [0.5, 0.6) is 0 Å². The Kier molecular flexibility index (Phi) is 9.08. The second-order valence-corrected chi connectivity index (χ2v) is 15.5. The Labute approximate surface area is 253 Å². The molecule has 9 heteroatoms. The molecule has 1 heterocycles. The number of nitrogens with zero attached hydrogens (tertiary/aromatic N) is 1. The fourth-order valence-electron chi connectivity index (χ4n) is 7.24. The molecule has 222 valence electrons. The number of sulfone groups is 1. The van der Waals surface area contributed by atoms with Crippen LogP contribution in [0.25, 0.3) is 0 Å². The highest BCUT2D eigenvalue weighted by Crippen LogP contribution is 2.55. The highest BCUT2D eigenvalue weighted by molar-refractivity contribution is 7.92. The number of hydrogen-bond acceptors (Lipinski definition) is 4.